The van der Waals surface area contributed by atoms with Gasteiger partial charge in [-0.05, 0) is 35.6 Å². The summed E-state index contributed by atoms with van der Waals surface area (Å²) < 4.78 is 1.00. The molecule has 0 saturated heterocycles. The molecule has 3 aromatic rings. The predicted octanol–water partition coefficient (Wildman–Crippen LogP) is 5.75. The lowest BCUT2D eigenvalue weighted by Crippen LogP contribution is -2.16. The molecule has 1 heterocycles. The van der Waals surface area contributed by atoms with Gasteiger partial charge in [-0.3, -0.25) is 4.79 Å². The van der Waals surface area contributed by atoms with Crippen molar-refractivity contribution < 1.29 is 4.79 Å². The number of amides is 1. The Kier molecular flexibility index (Phi) is 5.21. The Labute approximate surface area is 156 Å². The summed E-state index contributed by atoms with van der Waals surface area (Å²) in [5, 5.41) is 5.42. The zero-order chi connectivity index (χ0) is 18.0. The summed E-state index contributed by atoms with van der Waals surface area (Å²) in [7, 11) is 0. The molecule has 0 unspecified atom stereocenters. The summed E-state index contributed by atoms with van der Waals surface area (Å²) in [5.41, 5.74) is 5.90. The fourth-order valence-electron chi connectivity index (χ4n) is 2.50. The molecule has 0 aliphatic rings. The summed E-state index contributed by atoms with van der Waals surface area (Å²) in [6.45, 7) is 6.32. The molecule has 0 saturated carbocycles. The second kappa shape index (κ2) is 7.38. The van der Waals surface area contributed by atoms with Crippen LogP contribution in [0.15, 0.2) is 47.6 Å². The molecule has 128 valence electrons. The number of rotatable bonds is 4. The number of benzene rings is 2. The Bertz CT molecular complexity index is 942. The highest BCUT2D eigenvalue weighted by atomic mass is 35.5. The van der Waals surface area contributed by atoms with Crippen LogP contribution in [0.25, 0.3) is 10.1 Å². The summed E-state index contributed by atoms with van der Waals surface area (Å²) >= 11 is 7.72. The van der Waals surface area contributed by atoms with Gasteiger partial charge < -0.3 is 0 Å². The summed E-state index contributed by atoms with van der Waals surface area (Å²) in [4.78, 5) is 12.8. The van der Waals surface area contributed by atoms with E-state index >= 15 is 0 Å². The van der Waals surface area contributed by atoms with E-state index in [9.17, 15) is 4.79 Å². The number of fused-ring (bicyclic) bond motifs is 1. The van der Waals surface area contributed by atoms with E-state index in [1.807, 2.05) is 37.3 Å². The molecular weight excluding hydrogens is 352 g/mol. The van der Waals surface area contributed by atoms with Crippen molar-refractivity contribution in [3.05, 3.63) is 69.1 Å². The van der Waals surface area contributed by atoms with Crippen molar-refractivity contribution in [3.63, 3.8) is 0 Å². The van der Waals surface area contributed by atoms with Crippen LogP contribution < -0.4 is 5.43 Å². The highest BCUT2D eigenvalue weighted by molar-refractivity contribution is 7.21. The third-order valence-corrected chi connectivity index (χ3v) is 5.63. The molecule has 0 aliphatic carbocycles. The zero-order valence-electron chi connectivity index (χ0n) is 14.3. The van der Waals surface area contributed by atoms with Crippen LogP contribution in [-0.4, -0.2) is 12.1 Å². The molecule has 0 atom stereocenters. The highest BCUT2D eigenvalue weighted by Crippen LogP contribution is 2.35. The number of thiophene rings is 1. The number of carbonyl (C=O) groups excluding carboxylic acids is 1. The fraction of sp³-hybridized carbons (Fsp3) is 0.200. The van der Waals surface area contributed by atoms with Gasteiger partial charge >= 0.3 is 0 Å². The van der Waals surface area contributed by atoms with Crippen molar-refractivity contribution >= 4 is 45.1 Å². The monoisotopic (exact) mass is 370 g/mol. The molecule has 0 fully saturated rings. The number of nitrogens with one attached hydrogen (secondary N) is 1. The number of carbonyl (C=O) groups is 1. The van der Waals surface area contributed by atoms with Crippen LogP contribution in [0.4, 0.5) is 0 Å². The third kappa shape index (κ3) is 3.91. The van der Waals surface area contributed by atoms with Gasteiger partial charge in [0, 0.05) is 10.1 Å². The quantitative estimate of drug-likeness (QED) is 0.461. The topological polar surface area (TPSA) is 41.5 Å². The minimum Gasteiger partial charge on any atom is -0.266 e. The molecule has 0 radical (unpaired) electrons. The normalized spacial score (nSPS) is 11.6. The molecule has 3 nitrogen and oxygen atoms in total. The molecule has 0 aliphatic heterocycles. The SMILES string of the molecule is Cc1ccc2c(Cl)c(C(=O)NN=Cc3ccc(C(C)C)cc3)sc2c1. The molecule has 3 rings (SSSR count). The summed E-state index contributed by atoms with van der Waals surface area (Å²) in [6.07, 6.45) is 1.63. The molecule has 1 amide bonds. The first kappa shape index (κ1) is 17.6. The smallest absolute Gasteiger partial charge is 0.266 e. The van der Waals surface area contributed by atoms with Crippen molar-refractivity contribution in [3.8, 4) is 0 Å². The Balaban J connectivity index is 1.73. The Morgan fingerprint density at radius 2 is 1.92 bits per heavy atom. The van der Waals surface area contributed by atoms with Gasteiger partial charge in [-0.2, -0.15) is 5.10 Å². The van der Waals surface area contributed by atoms with Crippen LogP contribution in [0.3, 0.4) is 0 Å². The molecule has 0 spiro atoms. The average molecular weight is 371 g/mol. The molecule has 1 aromatic heterocycles. The van der Waals surface area contributed by atoms with Gasteiger partial charge in [0.15, 0.2) is 0 Å². The Hall–Kier alpha value is -2.17. The van der Waals surface area contributed by atoms with Gasteiger partial charge in [0.2, 0.25) is 0 Å². The van der Waals surface area contributed by atoms with Crippen LogP contribution in [0.2, 0.25) is 5.02 Å². The first-order valence-electron chi connectivity index (χ1n) is 8.07. The maximum absolute atomic E-state index is 12.4. The van der Waals surface area contributed by atoms with Gasteiger partial charge in [-0.25, -0.2) is 5.43 Å². The van der Waals surface area contributed by atoms with Crippen molar-refractivity contribution in [1.29, 1.82) is 0 Å². The van der Waals surface area contributed by atoms with E-state index in [-0.39, 0.29) is 5.91 Å². The maximum atomic E-state index is 12.4. The second-order valence-corrected chi connectivity index (χ2v) is 7.70. The van der Waals surface area contributed by atoms with Crippen molar-refractivity contribution in [2.45, 2.75) is 26.7 Å². The summed E-state index contributed by atoms with van der Waals surface area (Å²) in [6, 6.07) is 14.1. The summed E-state index contributed by atoms with van der Waals surface area (Å²) in [5.74, 6) is 0.198. The van der Waals surface area contributed by atoms with Crippen LogP contribution in [0.5, 0.6) is 0 Å². The first-order chi connectivity index (χ1) is 12.0. The lowest BCUT2D eigenvalue weighted by Gasteiger charge is -2.04. The molecular formula is C20H19ClN2OS. The fourth-order valence-corrected chi connectivity index (χ4v) is 4.01. The van der Waals surface area contributed by atoms with Crippen molar-refractivity contribution in [2.75, 3.05) is 0 Å². The van der Waals surface area contributed by atoms with Crippen molar-refractivity contribution in [1.82, 2.24) is 5.43 Å². The van der Waals surface area contributed by atoms with Crippen LogP contribution in [0, 0.1) is 6.92 Å². The average Bonchev–Trinajstić information content (AvgIpc) is 2.91. The maximum Gasteiger partial charge on any atom is 0.283 e. The van der Waals surface area contributed by atoms with Gasteiger partial charge in [0.05, 0.1) is 11.2 Å². The van der Waals surface area contributed by atoms with E-state index in [0.717, 1.165) is 21.2 Å². The number of hydrogen-bond donors (Lipinski definition) is 1. The molecule has 2 aromatic carbocycles. The van der Waals surface area contributed by atoms with E-state index in [0.29, 0.717) is 15.8 Å². The van der Waals surface area contributed by atoms with E-state index in [1.165, 1.54) is 16.9 Å². The number of hydrazone groups is 1. The van der Waals surface area contributed by atoms with Crippen LogP contribution in [0.1, 0.15) is 46.1 Å². The Morgan fingerprint density at radius 1 is 1.20 bits per heavy atom. The minimum absolute atomic E-state index is 0.293. The van der Waals surface area contributed by atoms with Gasteiger partial charge in [-0.1, -0.05) is 61.8 Å². The Morgan fingerprint density at radius 3 is 2.60 bits per heavy atom. The molecule has 5 heteroatoms. The highest BCUT2D eigenvalue weighted by Gasteiger charge is 2.16. The van der Waals surface area contributed by atoms with E-state index in [2.05, 4.69) is 36.5 Å². The molecule has 25 heavy (non-hydrogen) atoms. The lowest BCUT2D eigenvalue weighted by atomic mass is 10.0. The van der Waals surface area contributed by atoms with E-state index < -0.39 is 0 Å². The van der Waals surface area contributed by atoms with Gasteiger partial charge in [-0.15, -0.1) is 11.3 Å². The van der Waals surface area contributed by atoms with Gasteiger partial charge in [0.25, 0.3) is 5.91 Å². The lowest BCUT2D eigenvalue weighted by molar-refractivity contribution is 0.0959. The zero-order valence-corrected chi connectivity index (χ0v) is 15.9. The second-order valence-electron chi connectivity index (χ2n) is 6.27. The standard InChI is InChI=1S/C20H19ClN2OS/c1-12(2)15-7-5-14(6-8-15)11-22-23-20(24)19-18(21)16-9-4-13(3)10-17(16)25-19/h4-12H,1-3H3,(H,23,24). The molecule has 1 N–H and O–H groups in total. The number of nitrogens with zero attached hydrogens (tertiary/aromatic N) is 1. The first-order valence-corrected chi connectivity index (χ1v) is 9.27. The van der Waals surface area contributed by atoms with Crippen LogP contribution >= 0.6 is 22.9 Å². The van der Waals surface area contributed by atoms with E-state index in [1.54, 1.807) is 6.21 Å². The minimum atomic E-state index is -0.293. The van der Waals surface area contributed by atoms with E-state index in [4.69, 9.17) is 11.6 Å². The number of halogens is 1. The largest absolute Gasteiger partial charge is 0.283 e. The van der Waals surface area contributed by atoms with Crippen molar-refractivity contribution in [2.24, 2.45) is 5.10 Å². The van der Waals surface area contributed by atoms with Crippen LogP contribution in [-0.2, 0) is 0 Å². The third-order valence-electron chi connectivity index (χ3n) is 3.97. The number of hydrogen-bond acceptors (Lipinski definition) is 3. The van der Waals surface area contributed by atoms with Gasteiger partial charge in [0.1, 0.15) is 4.88 Å². The predicted molar refractivity (Wildman–Crippen MR) is 107 cm³/mol. The number of aryl methyl sites for hydroxylation is 1. The molecule has 0 bridgehead atoms.